The number of halogens is 1. The normalized spacial score (nSPS) is 10.5. The van der Waals surface area contributed by atoms with Crippen LogP contribution in [0, 0.1) is 6.92 Å². The Hall–Kier alpha value is -1.45. The van der Waals surface area contributed by atoms with Gasteiger partial charge in [-0.15, -0.1) is 0 Å². The molecular formula is C13H13ClN2O. The molecule has 4 heteroatoms. The first-order chi connectivity index (χ1) is 8.19. The van der Waals surface area contributed by atoms with E-state index in [1.807, 2.05) is 31.2 Å². The molecule has 17 heavy (non-hydrogen) atoms. The van der Waals surface area contributed by atoms with Crippen molar-refractivity contribution >= 4 is 11.6 Å². The van der Waals surface area contributed by atoms with Gasteiger partial charge in [-0.1, -0.05) is 29.8 Å². The molecule has 0 aliphatic heterocycles. The summed E-state index contributed by atoms with van der Waals surface area (Å²) in [7, 11) is 0. The van der Waals surface area contributed by atoms with Crippen molar-refractivity contribution in [2.45, 2.75) is 20.0 Å². The molecular weight excluding hydrogens is 236 g/mol. The Morgan fingerprint density at radius 2 is 2.00 bits per heavy atom. The SMILES string of the molecule is Cc1cc(CO)nc(Cc2ccccc2Cl)n1. The lowest BCUT2D eigenvalue weighted by molar-refractivity contribution is 0.276. The molecule has 0 bridgehead atoms. The van der Waals surface area contributed by atoms with E-state index in [9.17, 15) is 0 Å². The molecule has 1 N–H and O–H groups in total. The average molecular weight is 249 g/mol. The summed E-state index contributed by atoms with van der Waals surface area (Å²) in [6, 6.07) is 9.40. The summed E-state index contributed by atoms with van der Waals surface area (Å²) in [6.45, 7) is 1.82. The molecule has 0 saturated carbocycles. The fraction of sp³-hybridized carbons (Fsp3) is 0.231. The zero-order valence-electron chi connectivity index (χ0n) is 9.52. The molecule has 1 aromatic carbocycles. The number of hydrogen-bond donors (Lipinski definition) is 1. The lowest BCUT2D eigenvalue weighted by Crippen LogP contribution is -2.02. The number of nitrogens with zero attached hydrogens (tertiary/aromatic N) is 2. The Balaban J connectivity index is 2.30. The predicted molar refractivity (Wildman–Crippen MR) is 66.9 cm³/mol. The molecule has 0 aliphatic rings. The second kappa shape index (κ2) is 5.25. The van der Waals surface area contributed by atoms with E-state index in [4.69, 9.17) is 16.7 Å². The van der Waals surface area contributed by atoms with Crippen molar-refractivity contribution in [1.29, 1.82) is 0 Å². The van der Waals surface area contributed by atoms with Crippen molar-refractivity contribution in [2.75, 3.05) is 0 Å². The smallest absolute Gasteiger partial charge is 0.133 e. The molecule has 0 atom stereocenters. The van der Waals surface area contributed by atoms with E-state index in [1.165, 1.54) is 0 Å². The number of aryl methyl sites for hydroxylation is 1. The zero-order chi connectivity index (χ0) is 12.3. The van der Waals surface area contributed by atoms with Crippen molar-refractivity contribution in [3.05, 3.63) is 58.1 Å². The van der Waals surface area contributed by atoms with Crippen LogP contribution in [-0.4, -0.2) is 15.1 Å². The Morgan fingerprint density at radius 1 is 1.24 bits per heavy atom. The van der Waals surface area contributed by atoms with Crippen molar-refractivity contribution in [1.82, 2.24) is 9.97 Å². The fourth-order valence-corrected chi connectivity index (χ4v) is 1.87. The maximum absolute atomic E-state index is 9.09. The molecule has 2 rings (SSSR count). The van der Waals surface area contributed by atoms with Gasteiger partial charge in [0.1, 0.15) is 5.82 Å². The fourth-order valence-electron chi connectivity index (χ4n) is 1.67. The Morgan fingerprint density at radius 3 is 2.71 bits per heavy atom. The van der Waals surface area contributed by atoms with Crippen LogP contribution >= 0.6 is 11.6 Å². The van der Waals surface area contributed by atoms with Gasteiger partial charge in [-0.25, -0.2) is 9.97 Å². The molecule has 2 aromatic rings. The Kier molecular flexibility index (Phi) is 3.71. The third-order valence-electron chi connectivity index (χ3n) is 2.42. The highest BCUT2D eigenvalue weighted by atomic mass is 35.5. The van der Waals surface area contributed by atoms with Gasteiger partial charge in [-0.05, 0) is 24.6 Å². The topological polar surface area (TPSA) is 46.0 Å². The van der Waals surface area contributed by atoms with Crippen LogP contribution in [0.2, 0.25) is 5.02 Å². The molecule has 0 spiro atoms. The third-order valence-corrected chi connectivity index (χ3v) is 2.79. The number of rotatable bonds is 3. The van der Waals surface area contributed by atoms with Crippen LogP contribution < -0.4 is 0 Å². The van der Waals surface area contributed by atoms with Gasteiger partial charge < -0.3 is 5.11 Å². The maximum Gasteiger partial charge on any atom is 0.133 e. The van der Waals surface area contributed by atoms with E-state index < -0.39 is 0 Å². The maximum atomic E-state index is 9.09. The van der Waals surface area contributed by atoms with Crippen molar-refractivity contribution < 1.29 is 5.11 Å². The standard InChI is InChI=1S/C13H13ClN2O/c1-9-6-11(8-17)16-13(15-9)7-10-4-2-3-5-12(10)14/h2-6,17H,7-8H2,1H3. The van der Waals surface area contributed by atoms with Crippen LogP contribution in [0.3, 0.4) is 0 Å². The largest absolute Gasteiger partial charge is 0.390 e. The first-order valence-corrected chi connectivity index (χ1v) is 5.74. The Bertz CT molecular complexity index is 529. The van der Waals surface area contributed by atoms with Gasteiger partial charge in [0.25, 0.3) is 0 Å². The number of benzene rings is 1. The van der Waals surface area contributed by atoms with Crippen LogP contribution in [0.15, 0.2) is 30.3 Å². The van der Waals surface area contributed by atoms with Gasteiger partial charge in [0.05, 0.1) is 12.3 Å². The van der Waals surface area contributed by atoms with Gasteiger partial charge in [0.2, 0.25) is 0 Å². The summed E-state index contributed by atoms with van der Waals surface area (Å²) in [4.78, 5) is 8.61. The molecule has 0 aliphatic carbocycles. The number of hydrogen-bond acceptors (Lipinski definition) is 3. The van der Waals surface area contributed by atoms with Crippen molar-refractivity contribution in [3.63, 3.8) is 0 Å². The lowest BCUT2D eigenvalue weighted by atomic mass is 10.1. The molecule has 1 aromatic heterocycles. The molecule has 0 amide bonds. The second-order valence-electron chi connectivity index (χ2n) is 3.84. The van der Waals surface area contributed by atoms with Gasteiger partial charge >= 0.3 is 0 Å². The number of aliphatic hydroxyl groups excluding tert-OH is 1. The minimum absolute atomic E-state index is 0.0706. The van der Waals surface area contributed by atoms with Gasteiger partial charge in [-0.3, -0.25) is 0 Å². The van der Waals surface area contributed by atoms with Gasteiger partial charge in [0.15, 0.2) is 0 Å². The van der Waals surface area contributed by atoms with E-state index >= 15 is 0 Å². The summed E-state index contributed by atoms with van der Waals surface area (Å²) >= 11 is 6.08. The van der Waals surface area contributed by atoms with Crippen molar-refractivity contribution in [2.24, 2.45) is 0 Å². The average Bonchev–Trinajstić information content (AvgIpc) is 2.31. The molecule has 3 nitrogen and oxygen atoms in total. The second-order valence-corrected chi connectivity index (χ2v) is 4.25. The summed E-state index contributed by atoms with van der Waals surface area (Å²) in [5, 5.41) is 9.80. The molecule has 0 radical (unpaired) electrons. The lowest BCUT2D eigenvalue weighted by Gasteiger charge is -2.05. The van der Waals surface area contributed by atoms with Crippen LogP contribution in [0.1, 0.15) is 22.8 Å². The van der Waals surface area contributed by atoms with Crippen LogP contribution in [-0.2, 0) is 13.0 Å². The molecule has 0 fully saturated rings. The summed E-state index contributed by atoms with van der Waals surface area (Å²) in [5.41, 5.74) is 2.48. The minimum Gasteiger partial charge on any atom is -0.390 e. The monoisotopic (exact) mass is 248 g/mol. The van der Waals surface area contributed by atoms with Crippen LogP contribution in [0.4, 0.5) is 0 Å². The quantitative estimate of drug-likeness (QED) is 0.908. The first kappa shape index (κ1) is 12.0. The highest BCUT2D eigenvalue weighted by molar-refractivity contribution is 6.31. The molecule has 88 valence electrons. The van der Waals surface area contributed by atoms with Crippen molar-refractivity contribution in [3.8, 4) is 0 Å². The highest BCUT2D eigenvalue weighted by Crippen LogP contribution is 2.17. The summed E-state index contributed by atoms with van der Waals surface area (Å²) in [6.07, 6.45) is 0.578. The van der Waals surface area contributed by atoms with E-state index in [1.54, 1.807) is 6.07 Å². The molecule has 0 unspecified atom stereocenters. The summed E-state index contributed by atoms with van der Waals surface area (Å²) in [5.74, 6) is 0.683. The van der Waals surface area contributed by atoms with E-state index in [-0.39, 0.29) is 6.61 Å². The molecule has 1 heterocycles. The Labute approximate surface area is 105 Å². The first-order valence-electron chi connectivity index (χ1n) is 5.36. The van der Waals surface area contributed by atoms with E-state index in [0.717, 1.165) is 11.3 Å². The number of aliphatic hydroxyl groups is 1. The minimum atomic E-state index is -0.0706. The van der Waals surface area contributed by atoms with E-state index in [0.29, 0.717) is 23.0 Å². The third kappa shape index (κ3) is 3.02. The van der Waals surface area contributed by atoms with Gasteiger partial charge in [-0.2, -0.15) is 0 Å². The van der Waals surface area contributed by atoms with Gasteiger partial charge in [0, 0.05) is 17.1 Å². The van der Waals surface area contributed by atoms with E-state index in [2.05, 4.69) is 9.97 Å². The number of aromatic nitrogens is 2. The van der Waals surface area contributed by atoms with Crippen LogP contribution in [0.25, 0.3) is 0 Å². The van der Waals surface area contributed by atoms with Crippen LogP contribution in [0.5, 0.6) is 0 Å². The predicted octanol–water partition coefficient (Wildman–Crippen LogP) is 2.52. The summed E-state index contributed by atoms with van der Waals surface area (Å²) < 4.78 is 0. The molecule has 0 saturated heterocycles. The highest BCUT2D eigenvalue weighted by Gasteiger charge is 2.05. The zero-order valence-corrected chi connectivity index (χ0v) is 10.3.